The van der Waals surface area contributed by atoms with Crippen molar-refractivity contribution >= 4 is 27.3 Å². The molecule has 0 atom stereocenters. The Morgan fingerprint density at radius 1 is 1.14 bits per heavy atom. The number of nitro benzene ring substituents is 1. The fourth-order valence-electron chi connectivity index (χ4n) is 3.17. The fraction of sp³-hybridized carbons (Fsp3) is 0.316. The Bertz CT molecular complexity index is 1070. The van der Waals surface area contributed by atoms with Crippen molar-refractivity contribution in [3.8, 4) is 0 Å². The molecule has 0 spiro atoms. The van der Waals surface area contributed by atoms with E-state index in [1.165, 1.54) is 22.5 Å². The molecule has 2 aromatic carbocycles. The highest BCUT2D eigenvalue weighted by atomic mass is 32.2. The van der Waals surface area contributed by atoms with E-state index in [1.807, 2.05) is 0 Å². The van der Waals surface area contributed by atoms with E-state index in [9.17, 15) is 27.7 Å². The van der Waals surface area contributed by atoms with Gasteiger partial charge in [-0.05, 0) is 43.5 Å². The van der Waals surface area contributed by atoms with Crippen LogP contribution in [0.25, 0.3) is 0 Å². The first-order valence-corrected chi connectivity index (χ1v) is 10.5. The number of benzene rings is 2. The second kappa shape index (κ2) is 8.26. The summed E-state index contributed by atoms with van der Waals surface area (Å²) in [6, 6.07) is 6.99. The van der Waals surface area contributed by atoms with E-state index < -0.39 is 26.7 Å². The normalized spacial score (nSPS) is 15.1. The van der Waals surface area contributed by atoms with Crippen LogP contribution in [0.1, 0.15) is 35.2 Å². The van der Waals surface area contributed by atoms with Crippen LogP contribution in [0.15, 0.2) is 41.3 Å². The van der Waals surface area contributed by atoms with Gasteiger partial charge in [-0.25, -0.2) is 12.8 Å². The van der Waals surface area contributed by atoms with Crippen LogP contribution in [0.4, 0.5) is 15.8 Å². The van der Waals surface area contributed by atoms with Gasteiger partial charge in [0.15, 0.2) is 0 Å². The molecule has 8 nitrogen and oxygen atoms in total. The van der Waals surface area contributed by atoms with Crippen molar-refractivity contribution in [1.82, 2.24) is 4.31 Å². The SMILES string of the molecule is Cc1ccc(S(=O)(=O)N2CCCCC2)cc1C(=O)Nc1cc([N+](=O)[O-])ccc1F. The number of aryl methyl sites for hydroxylation is 1. The van der Waals surface area contributed by atoms with Crippen molar-refractivity contribution < 1.29 is 22.5 Å². The van der Waals surface area contributed by atoms with Crippen LogP contribution in [0.3, 0.4) is 0 Å². The fourth-order valence-corrected chi connectivity index (χ4v) is 4.72. The molecule has 0 radical (unpaired) electrons. The number of nitrogens with one attached hydrogen (secondary N) is 1. The molecule has 0 aliphatic carbocycles. The average Bonchev–Trinajstić information content (AvgIpc) is 2.70. The largest absolute Gasteiger partial charge is 0.319 e. The van der Waals surface area contributed by atoms with E-state index in [-0.39, 0.29) is 21.8 Å². The molecular formula is C19H20FN3O5S. The first-order chi connectivity index (χ1) is 13.7. The van der Waals surface area contributed by atoms with E-state index in [4.69, 9.17) is 0 Å². The quantitative estimate of drug-likeness (QED) is 0.587. The molecule has 0 aromatic heterocycles. The standard InChI is InChI=1S/C19H20FN3O5S/c1-13-5-7-15(29(27,28)22-9-3-2-4-10-22)12-16(13)19(24)21-18-11-14(23(25)26)6-8-17(18)20/h5-8,11-12H,2-4,9-10H2,1H3,(H,21,24). The summed E-state index contributed by atoms with van der Waals surface area (Å²) in [6.45, 7) is 2.48. The summed E-state index contributed by atoms with van der Waals surface area (Å²) in [5, 5.41) is 13.2. The highest BCUT2D eigenvalue weighted by Gasteiger charge is 2.27. The van der Waals surface area contributed by atoms with E-state index >= 15 is 0 Å². The molecule has 1 aliphatic heterocycles. The number of piperidine rings is 1. The molecule has 1 N–H and O–H groups in total. The van der Waals surface area contributed by atoms with Crippen molar-refractivity contribution in [3.05, 3.63) is 63.5 Å². The van der Waals surface area contributed by atoms with Gasteiger partial charge in [0.25, 0.3) is 11.6 Å². The molecule has 154 valence electrons. The van der Waals surface area contributed by atoms with Crippen LogP contribution in [0.2, 0.25) is 0 Å². The maximum Gasteiger partial charge on any atom is 0.271 e. The van der Waals surface area contributed by atoms with Crippen molar-refractivity contribution in [2.45, 2.75) is 31.1 Å². The lowest BCUT2D eigenvalue weighted by atomic mass is 10.1. The van der Waals surface area contributed by atoms with Gasteiger partial charge in [0, 0.05) is 30.8 Å². The molecular weight excluding hydrogens is 401 g/mol. The number of nitrogens with zero attached hydrogens (tertiary/aromatic N) is 2. The number of non-ortho nitro benzene ring substituents is 1. The number of rotatable bonds is 5. The Hall–Kier alpha value is -2.85. The summed E-state index contributed by atoms with van der Waals surface area (Å²) < 4.78 is 41.1. The Morgan fingerprint density at radius 2 is 1.83 bits per heavy atom. The zero-order chi connectivity index (χ0) is 21.2. The molecule has 1 fully saturated rings. The predicted octanol–water partition coefficient (Wildman–Crippen LogP) is 3.47. The topological polar surface area (TPSA) is 110 Å². The molecule has 1 amide bonds. The zero-order valence-corrected chi connectivity index (χ0v) is 16.5. The van der Waals surface area contributed by atoms with Gasteiger partial charge in [0.2, 0.25) is 10.0 Å². The van der Waals surface area contributed by atoms with Gasteiger partial charge in [-0.15, -0.1) is 0 Å². The number of anilines is 1. The molecule has 1 heterocycles. The molecule has 1 saturated heterocycles. The summed E-state index contributed by atoms with van der Waals surface area (Å²) in [4.78, 5) is 22.8. The van der Waals surface area contributed by atoms with Gasteiger partial charge < -0.3 is 5.32 Å². The van der Waals surface area contributed by atoms with E-state index in [0.717, 1.165) is 37.5 Å². The first kappa shape index (κ1) is 20.9. The van der Waals surface area contributed by atoms with E-state index in [2.05, 4.69) is 5.32 Å². The summed E-state index contributed by atoms with van der Waals surface area (Å²) >= 11 is 0. The Kier molecular flexibility index (Phi) is 5.94. The highest BCUT2D eigenvalue weighted by molar-refractivity contribution is 7.89. The minimum atomic E-state index is -3.74. The van der Waals surface area contributed by atoms with Crippen molar-refractivity contribution in [1.29, 1.82) is 0 Å². The number of amides is 1. The maximum absolute atomic E-state index is 14.0. The van der Waals surface area contributed by atoms with Gasteiger partial charge in [-0.1, -0.05) is 12.5 Å². The number of halogens is 1. The summed E-state index contributed by atoms with van der Waals surface area (Å²) in [5.74, 6) is -1.59. The second-order valence-corrected chi connectivity index (χ2v) is 8.75. The van der Waals surface area contributed by atoms with Gasteiger partial charge in [0.1, 0.15) is 5.82 Å². The average molecular weight is 421 g/mol. The molecule has 0 bridgehead atoms. The smallest absolute Gasteiger partial charge is 0.271 e. The number of hydrogen-bond acceptors (Lipinski definition) is 5. The second-order valence-electron chi connectivity index (χ2n) is 6.82. The van der Waals surface area contributed by atoms with Gasteiger partial charge in [-0.2, -0.15) is 4.31 Å². The maximum atomic E-state index is 14.0. The molecule has 0 saturated carbocycles. The third-order valence-electron chi connectivity index (χ3n) is 4.82. The molecule has 1 aliphatic rings. The van der Waals surface area contributed by atoms with Crippen molar-refractivity contribution in [3.63, 3.8) is 0 Å². The van der Waals surface area contributed by atoms with Crippen LogP contribution in [-0.2, 0) is 10.0 Å². The summed E-state index contributed by atoms with van der Waals surface area (Å²) in [6.07, 6.45) is 2.54. The van der Waals surface area contributed by atoms with Crippen LogP contribution >= 0.6 is 0 Å². The molecule has 2 aromatic rings. The summed E-state index contributed by atoms with van der Waals surface area (Å²) in [7, 11) is -3.74. The predicted molar refractivity (Wildman–Crippen MR) is 105 cm³/mol. The van der Waals surface area contributed by atoms with Crippen LogP contribution in [0, 0.1) is 22.9 Å². The monoisotopic (exact) mass is 421 g/mol. The molecule has 10 heteroatoms. The number of hydrogen-bond donors (Lipinski definition) is 1. The highest BCUT2D eigenvalue weighted by Crippen LogP contribution is 2.25. The van der Waals surface area contributed by atoms with Gasteiger partial charge in [0.05, 0.1) is 15.5 Å². The van der Waals surface area contributed by atoms with Crippen LogP contribution in [0.5, 0.6) is 0 Å². The first-order valence-electron chi connectivity index (χ1n) is 9.06. The van der Waals surface area contributed by atoms with Crippen LogP contribution in [-0.4, -0.2) is 36.6 Å². The minimum absolute atomic E-state index is 0.0188. The third kappa shape index (κ3) is 4.43. The minimum Gasteiger partial charge on any atom is -0.319 e. The lowest BCUT2D eigenvalue weighted by molar-refractivity contribution is -0.384. The lowest BCUT2D eigenvalue weighted by Gasteiger charge is -2.26. The number of nitro groups is 1. The molecule has 0 unspecified atom stereocenters. The Labute approximate surface area is 167 Å². The zero-order valence-electron chi connectivity index (χ0n) is 15.7. The number of sulfonamides is 1. The Morgan fingerprint density at radius 3 is 2.48 bits per heavy atom. The van der Waals surface area contributed by atoms with Crippen LogP contribution < -0.4 is 5.32 Å². The van der Waals surface area contributed by atoms with E-state index in [0.29, 0.717) is 18.7 Å². The molecule has 3 rings (SSSR count). The third-order valence-corrected chi connectivity index (χ3v) is 6.71. The van der Waals surface area contributed by atoms with Crippen molar-refractivity contribution in [2.24, 2.45) is 0 Å². The molecule has 29 heavy (non-hydrogen) atoms. The van der Waals surface area contributed by atoms with Gasteiger partial charge >= 0.3 is 0 Å². The number of carbonyl (C=O) groups is 1. The Balaban J connectivity index is 1.91. The number of carbonyl (C=O) groups excluding carboxylic acids is 1. The van der Waals surface area contributed by atoms with Gasteiger partial charge in [-0.3, -0.25) is 14.9 Å². The lowest BCUT2D eigenvalue weighted by Crippen LogP contribution is -2.35. The van der Waals surface area contributed by atoms with Crippen molar-refractivity contribution in [2.75, 3.05) is 18.4 Å². The van der Waals surface area contributed by atoms with E-state index in [1.54, 1.807) is 6.92 Å². The summed E-state index contributed by atoms with van der Waals surface area (Å²) in [5.41, 5.74) is -0.187.